The molecule has 1 fully saturated rings. The zero-order valence-corrected chi connectivity index (χ0v) is 16.7. The summed E-state index contributed by atoms with van der Waals surface area (Å²) < 4.78 is 16.5. The average Bonchev–Trinajstić information content (AvgIpc) is 2.62. The molecular weight excluding hydrogens is 320 g/mol. The predicted octanol–water partition coefficient (Wildman–Crippen LogP) is 2.03. The van der Waals surface area contributed by atoms with Gasteiger partial charge in [-0.05, 0) is 19.8 Å². The van der Waals surface area contributed by atoms with Gasteiger partial charge in [-0.1, -0.05) is 20.3 Å². The molecule has 1 unspecified atom stereocenters. The van der Waals surface area contributed by atoms with Gasteiger partial charge < -0.3 is 19.1 Å². The van der Waals surface area contributed by atoms with E-state index in [-0.39, 0.29) is 5.91 Å². The summed E-state index contributed by atoms with van der Waals surface area (Å²) in [5, 5.41) is 0. The van der Waals surface area contributed by atoms with Gasteiger partial charge in [0.1, 0.15) is 0 Å². The van der Waals surface area contributed by atoms with E-state index in [0.29, 0.717) is 51.4 Å². The highest BCUT2D eigenvalue weighted by Crippen LogP contribution is 2.07. The Kier molecular flexibility index (Phi) is 12.1. The first kappa shape index (κ1) is 22.4. The molecule has 1 atom stereocenters. The summed E-state index contributed by atoms with van der Waals surface area (Å²) in [4.78, 5) is 16.5. The number of hydrogen-bond donors (Lipinski definition) is 0. The summed E-state index contributed by atoms with van der Waals surface area (Å²) in [6.07, 6.45) is 1.60. The van der Waals surface area contributed by atoms with Gasteiger partial charge in [0.15, 0.2) is 0 Å². The largest absolute Gasteiger partial charge is 0.379 e. The summed E-state index contributed by atoms with van der Waals surface area (Å²) in [6, 6.07) is 0.557. The van der Waals surface area contributed by atoms with Crippen LogP contribution in [0.3, 0.4) is 0 Å². The smallest absolute Gasteiger partial charge is 0.224 e. The van der Waals surface area contributed by atoms with Crippen molar-refractivity contribution in [3.8, 4) is 0 Å². The Hall–Kier alpha value is -0.690. The van der Waals surface area contributed by atoms with Crippen molar-refractivity contribution >= 4 is 5.91 Å². The second-order valence-electron chi connectivity index (χ2n) is 7.07. The highest BCUT2D eigenvalue weighted by Gasteiger charge is 2.21. The summed E-state index contributed by atoms with van der Waals surface area (Å²) in [5.74, 6) is 0.803. The predicted molar refractivity (Wildman–Crippen MR) is 99.8 cm³/mol. The van der Waals surface area contributed by atoms with Crippen molar-refractivity contribution in [3.05, 3.63) is 0 Å². The Bertz CT molecular complexity index is 344. The summed E-state index contributed by atoms with van der Waals surface area (Å²) in [7, 11) is 0. The Morgan fingerprint density at radius 1 is 0.880 bits per heavy atom. The average molecular weight is 359 g/mol. The fraction of sp³-hybridized carbons (Fsp3) is 0.947. The molecular formula is C19H38N2O4. The van der Waals surface area contributed by atoms with Crippen LogP contribution in [0, 0.1) is 5.92 Å². The van der Waals surface area contributed by atoms with Crippen LogP contribution >= 0.6 is 0 Å². The van der Waals surface area contributed by atoms with E-state index in [4.69, 9.17) is 14.2 Å². The molecule has 1 aliphatic rings. The lowest BCUT2D eigenvalue weighted by atomic mass is 10.1. The first-order chi connectivity index (χ1) is 12.0. The zero-order valence-electron chi connectivity index (χ0n) is 16.7. The molecule has 148 valence electrons. The molecule has 1 rings (SSSR count). The number of rotatable bonds is 13. The van der Waals surface area contributed by atoms with Crippen molar-refractivity contribution < 1.29 is 19.0 Å². The van der Waals surface area contributed by atoms with Crippen LogP contribution in [0.15, 0.2) is 0 Å². The van der Waals surface area contributed by atoms with Crippen LogP contribution in [0.5, 0.6) is 0 Å². The number of hydrogen-bond acceptors (Lipinski definition) is 5. The van der Waals surface area contributed by atoms with E-state index < -0.39 is 0 Å². The maximum Gasteiger partial charge on any atom is 0.224 e. The number of nitrogens with zero attached hydrogens (tertiary/aromatic N) is 2. The zero-order chi connectivity index (χ0) is 18.5. The quantitative estimate of drug-likeness (QED) is 0.472. The lowest BCUT2D eigenvalue weighted by molar-refractivity contribution is -0.134. The van der Waals surface area contributed by atoms with Gasteiger partial charge in [0.2, 0.25) is 5.91 Å². The molecule has 6 nitrogen and oxygen atoms in total. The number of carbonyl (C=O) groups is 1. The first-order valence-electron chi connectivity index (χ1n) is 9.79. The van der Waals surface area contributed by atoms with Crippen molar-refractivity contribution in [2.45, 2.75) is 46.6 Å². The van der Waals surface area contributed by atoms with Gasteiger partial charge in [-0.25, -0.2) is 0 Å². The Balaban J connectivity index is 1.90. The third-order valence-electron chi connectivity index (χ3n) is 4.70. The molecule has 1 saturated heterocycles. The van der Waals surface area contributed by atoms with Crippen molar-refractivity contribution in [1.29, 1.82) is 0 Å². The monoisotopic (exact) mass is 358 g/mol. The molecule has 0 aliphatic carbocycles. The molecule has 1 heterocycles. The third kappa shape index (κ3) is 10.1. The van der Waals surface area contributed by atoms with E-state index in [9.17, 15) is 4.79 Å². The SMILES string of the molecule is CCC(C)COCCOCCOCCC(=O)N1CCN(C(C)C)CC1. The second kappa shape index (κ2) is 13.5. The topological polar surface area (TPSA) is 51.2 Å². The van der Waals surface area contributed by atoms with Gasteiger partial charge in [-0.2, -0.15) is 0 Å². The number of carbonyl (C=O) groups excluding carboxylic acids is 1. The fourth-order valence-corrected chi connectivity index (χ4v) is 2.65. The third-order valence-corrected chi connectivity index (χ3v) is 4.70. The van der Waals surface area contributed by atoms with E-state index in [1.54, 1.807) is 0 Å². The molecule has 0 aromatic heterocycles. The van der Waals surface area contributed by atoms with Crippen LogP contribution in [0.2, 0.25) is 0 Å². The Morgan fingerprint density at radius 3 is 2.00 bits per heavy atom. The summed E-state index contributed by atoms with van der Waals surface area (Å²) in [6.45, 7) is 15.9. The van der Waals surface area contributed by atoms with Crippen LogP contribution in [0.25, 0.3) is 0 Å². The van der Waals surface area contributed by atoms with Crippen molar-refractivity contribution in [2.24, 2.45) is 5.92 Å². The van der Waals surface area contributed by atoms with E-state index >= 15 is 0 Å². The maximum absolute atomic E-state index is 12.1. The van der Waals surface area contributed by atoms with Gasteiger partial charge in [-0.3, -0.25) is 9.69 Å². The van der Waals surface area contributed by atoms with Crippen molar-refractivity contribution in [1.82, 2.24) is 9.80 Å². The fourth-order valence-electron chi connectivity index (χ4n) is 2.65. The minimum Gasteiger partial charge on any atom is -0.379 e. The summed E-state index contributed by atoms with van der Waals surface area (Å²) in [5.41, 5.74) is 0. The van der Waals surface area contributed by atoms with Gasteiger partial charge in [0.05, 0.1) is 39.5 Å². The molecule has 1 amide bonds. The molecule has 0 N–H and O–H groups in total. The van der Waals surface area contributed by atoms with E-state index in [2.05, 4.69) is 32.6 Å². The van der Waals surface area contributed by atoms with Gasteiger partial charge in [0.25, 0.3) is 0 Å². The van der Waals surface area contributed by atoms with E-state index in [0.717, 1.165) is 39.2 Å². The molecule has 0 radical (unpaired) electrons. The van der Waals surface area contributed by atoms with Crippen LogP contribution in [-0.4, -0.2) is 87.6 Å². The van der Waals surface area contributed by atoms with Crippen molar-refractivity contribution in [3.63, 3.8) is 0 Å². The maximum atomic E-state index is 12.1. The number of amides is 1. The summed E-state index contributed by atoms with van der Waals surface area (Å²) >= 11 is 0. The first-order valence-corrected chi connectivity index (χ1v) is 9.79. The molecule has 6 heteroatoms. The van der Waals surface area contributed by atoms with E-state index in [1.807, 2.05) is 4.90 Å². The highest BCUT2D eigenvalue weighted by atomic mass is 16.5. The Labute approximate surface area is 153 Å². The molecule has 0 aromatic rings. The molecule has 0 spiro atoms. The van der Waals surface area contributed by atoms with Crippen LogP contribution in [0.4, 0.5) is 0 Å². The molecule has 1 aliphatic heterocycles. The Morgan fingerprint density at radius 2 is 1.44 bits per heavy atom. The normalized spacial score (nSPS) is 17.2. The lowest BCUT2D eigenvalue weighted by Crippen LogP contribution is -2.50. The van der Waals surface area contributed by atoms with Gasteiger partial charge >= 0.3 is 0 Å². The molecule has 0 aromatic carbocycles. The molecule has 0 saturated carbocycles. The van der Waals surface area contributed by atoms with E-state index in [1.165, 1.54) is 0 Å². The standard InChI is InChI=1S/C19H38N2O4/c1-5-18(4)16-25-15-14-24-13-12-23-11-6-19(22)21-9-7-20(8-10-21)17(2)3/h17-18H,5-16H2,1-4H3. The second-order valence-corrected chi connectivity index (χ2v) is 7.07. The number of piperazine rings is 1. The molecule has 0 bridgehead atoms. The highest BCUT2D eigenvalue weighted by molar-refractivity contribution is 5.76. The minimum absolute atomic E-state index is 0.197. The lowest BCUT2D eigenvalue weighted by Gasteiger charge is -2.37. The van der Waals surface area contributed by atoms with Crippen LogP contribution < -0.4 is 0 Å². The minimum atomic E-state index is 0.197. The van der Waals surface area contributed by atoms with Crippen LogP contribution in [0.1, 0.15) is 40.5 Å². The van der Waals surface area contributed by atoms with Crippen molar-refractivity contribution in [2.75, 3.05) is 65.8 Å². The van der Waals surface area contributed by atoms with Crippen LogP contribution in [-0.2, 0) is 19.0 Å². The molecule has 25 heavy (non-hydrogen) atoms. The van der Waals surface area contributed by atoms with Gasteiger partial charge in [0, 0.05) is 38.8 Å². The van der Waals surface area contributed by atoms with Gasteiger partial charge in [-0.15, -0.1) is 0 Å². The number of ether oxygens (including phenoxy) is 3.